The average molecular weight is 258 g/mol. The molecule has 1 aliphatic rings. The molecule has 1 saturated heterocycles. The number of hydrogen-bond donors (Lipinski definition) is 0. The van der Waals surface area contributed by atoms with Crippen LogP contribution in [0, 0.1) is 6.92 Å². The van der Waals surface area contributed by atoms with Gasteiger partial charge in [-0.05, 0) is 20.8 Å². The molecular formula is C12H20ClN3O. The third-order valence-corrected chi connectivity index (χ3v) is 3.84. The van der Waals surface area contributed by atoms with Crippen LogP contribution in [0.25, 0.3) is 0 Å². The lowest BCUT2D eigenvalue weighted by molar-refractivity contribution is -0.0527. The fourth-order valence-electron chi connectivity index (χ4n) is 2.25. The Morgan fingerprint density at radius 1 is 1.47 bits per heavy atom. The highest BCUT2D eigenvalue weighted by atomic mass is 35.5. The summed E-state index contributed by atoms with van der Waals surface area (Å²) in [5.41, 5.74) is 2.15. The Balaban J connectivity index is 2.14. The van der Waals surface area contributed by atoms with Gasteiger partial charge in [0, 0.05) is 31.7 Å². The van der Waals surface area contributed by atoms with Crippen LogP contribution in [0.4, 0.5) is 0 Å². The van der Waals surface area contributed by atoms with Gasteiger partial charge in [-0.25, -0.2) is 0 Å². The number of rotatable bonds is 2. The van der Waals surface area contributed by atoms with Crippen molar-refractivity contribution in [1.82, 2.24) is 14.7 Å². The highest BCUT2D eigenvalue weighted by molar-refractivity contribution is 6.30. The molecule has 0 N–H and O–H groups in total. The third-order valence-electron chi connectivity index (χ3n) is 3.37. The molecule has 1 aromatic heterocycles. The van der Waals surface area contributed by atoms with E-state index >= 15 is 0 Å². The first kappa shape index (κ1) is 12.9. The fraction of sp³-hybridized carbons (Fsp3) is 0.750. The van der Waals surface area contributed by atoms with Gasteiger partial charge in [-0.1, -0.05) is 11.6 Å². The summed E-state index contributed by atoms with van der Waals surface area (Å²) in [4.78, 5) is 2.41. The second-order valence-electron chi connectivity index (χ2n) is 4.90. The first-order valence-corrected chi connectivity index (χ1v) is 6.40. The van der Waals surface area contributed by atoms with Crippen LogP contribution in [-0.2, 0) is 18.3 Å². The van der Waals surface area contributed by atoms with Crippen molar-refractivity contribution in [2.75, 3.05) is 13.2 Å². The minimum absolute atomic E-state index is 0.293. The van der Waals surface area contributed by atoms with Crippen LogP contribution in [0.1, 0.15) is 25.1 Å². The van der Waals surface area contributed by atoms with E-state index < -0.39 is 0 Å². The third kappa shape index (κ3) is 2.64. The quantitative estimate of drug-likeness (QED) is 0.812. The first-order valence-electron chi connectivity index (χ1n) is 6.02. The van der Waals surface area contributed by atoms with Crippen molar-refractivity contribution in [3.05, 3.63) is 16.4 Å². The summed E-state index contributed by atoms with van der Waals surface area (Å²) in [6.07, 6.45) is 0.293. The van der Waals surface area contributed by atoms with Crippen molar-refractivity contribution < 1.29 is 4.74 Å². The summed E-state index contributed by atoms with van der Waals surface area (Å²) >= 11 is 6.26. The van der Waals surface area contributed by atoms with Gasteiger partial charge in [0.25, 0.3) is 0 Å². The zero-order valence-electron chi connectivity index (χ0n) is 10.9. The van der Waals surface area contributed by atoms with Crippen LogP contribution in [0.15, 0.2) is 0 Å². The van der Waals surface area contributed by atoms with Gasteiger partial charge < -0.3 is 4.74 Å². The van der Waals surface area contributed by atoms with Crippen molar-refractivity contribution in [3.8, 4) is 0 Å². The van der Waals surface area contributed by atoms with E-state index in [-0.39, 0.29) is 0 Å². The Labute approximate surface area is 107 Å². The van der Waals surface area contributed by atoms with E-state index in [1.807, 2.05) is 14.0 Å². The van der Waals surface area contributed by atoms with Crippen molar-refractivity contribution in [3.63, 3.8) is 0 Å². The molecule has 1 aliphatic heterocycles. The maximum atomic E-state index is 6.26. The second kappa shape index (κ2) is 4.96. The number of halogens is 1. The molecule has 0 aromatic carbocycles. The van der Waals surface area contributed by atoms with E-state index in [1.54, 1.807) is 4.68 Å². The molecule has 2 rings (SSSR count). The summed E-state index contributed by atoms with van der Waals surface area (Å²) in [5.74, 6) is 0. The van der Waals surface area contributed by atoms with E-state index in [0.29, 0.717) is 12.1 Å². The van der Waals surface area contributed by atoms with Crippen LogP contribution < -0.4 is 0 Å². The Morgan fingerprint density at radius 2 is 2.18 bits per heavy atom. The molecule has 0 aliphatic carbocycles. The normalized spacial score (nSPS) is 26.4. The molecule has 0 amide bonds. The first-order chi connectivity index (χ1) is 7.99. The number of nitrogens with zero attached hydrogens (tertiary/aromatic N) is 3. The lowest BCUT2D eigenvalue weighted by atomic mass is 10.1. The topological polar surface area (TPSA) is 30.3 Å². The molecule has 5 heteroatoms. The van der Waals surface area contributed by atoms with Crippen LogP contribution in [0.2, 0.25) is 5.15 Å². The second-order valence-corrected chi connectivity index (χ2v) is 5.26. The number of aromatic nitrogens is 2. The summed E-state index contributed by atoms with van der Waals surface area (Å²) in [7, 11) is 1.88. The predicted molar refractivity (Wildman–Crippen MR) is 68.2 cm³/mol. The molecule has 1 fully saturated rings. The fourth-order valence-corrected chi connectivity index (χ4v) is 2.48. The molecule has 0 saturated carbocycles. The molecular weight excluding hydrogens is 238 g/mol. The summed E-state index contributed by atoms with van der Waals surface area (Å²) in [6.45, 7) is 8.90. The van der Waals surface area contributed by atoms with Gasteiger partial charge in [0.2, 0.25) is 0 Å². The van der Waals surface area contributed by atoms with Gasteiger partial charge in [-0.15, -0.1) is 0 Å². The highest BCUT2D eigenvalue weighted by Gasteiger charge is 2.25. The Bertz CT molecular complexity index is 405. The van der Waals surface area contributed by atoms with Crippen LogP contribution in [-0.4, -0.2) is 40.0 Å². The molecule has 2 heterocycles. The zero-order chi connectivity index (χ0) is 12.6. The molecule has 0 radical (unpaired) electrons. The minimum atomic E-state index is 0.293. The summed E-state index contributed by atoms with van der Waals surface area (Å²) in [5, 5.41) is 5.09. The number of hydrogen-bond acceptors (Lipinski definition) is 3. The van der Waals surface area contributed by atoms with E-state index in [2.05, 4.69) is 23.8 Å². The van der Waals surface area contributed by atoms with E-state index in [0.717, 1.165) is 36.1 Å². The van der Waals surface area contributed by atoms with Crippen molar-refractivity contribution >= 4 is 11.6 Å². The van der Waals surface area contributed by atoms with Crippen molar-refractivity contribution in [1.29, 1.82) is 0 Å². The average Bonchev–Trinajstić information content (AvgIpc) is 2.50. The van der Waals surface area contributed by atoms with Gasteiger partial charge in [0.1, 0.15) is 5.15 Å². The smallest absolute Gasteiger partial charge is 0.131 e. The SMILES string of the molecule is Cc1nn(C)c(Cl)c1CN1CC(C)OCC1C. The standard InChI is InChI=1S/C12H20ClN3O/c1-8-7-17-9(2)5-16(8)6-11-10(3)14-15(4)12(11)13/h8-9H,5-7H2,1-4H3. The monoisotopic (exact) mass is 257 g/mol. The van der Waals surface area contributed by atoms with Crippen molar-refractivity contribution in [2.24, 2.45) is 7.05 Å². The van der Waals surface area contributed by atoms with Crippen LogP contribution >= 0.6 is 11.6 Å². The van der Waals surface area contributed by atoms with Gasteiger partial charge >= 0.3 is 0 Å². The number of aryl methyl sites for hydroxylation is 2. The van der Waals surface area contributed by atoms with Gasteiger partial charge in [-0.3, -0.25) is 9.58 Å². The minimum Gasteiger partial charge on any atom is -0.376 e. The maximum Gasteiger partial charge on any atom is 0.131 e. The number of morpholine rings is 1. The van der Waals surface area contributed by atoms with Crippen molar-refractivity contribution in [2.45, 2.75) is 39.5 Å². The van der Waals surface area contributed by atoms with E-state index in [4.69, 9.17) is 16.3 Å². The lowest BCUT2D eigenvalue weighted by Gasteiger charge is -2.36. The molecule has 1 aromatic rings. The Morgan fingerprint density at radius 3 is 2.76 bits per heavy atom. The molecule has 0 bridgehead atoms. The molecule has 17 heavy (non-hydrogen) atoms. The largest absolute Gasteiger partial charge is 0.376 e. The Hall–Kier alpha value is -0.580. The Kier molecular flexibility index (Phi) is 3.76. The van der Waals surface area contributed by atoms with E-state index in [1.165, 1.54) is 0 Å². The van der Waals surface area contributed by atoms with E-state index in [9.17, 15) is 0 Å². The highest BCUT2D eigenvalue weighted by Crippen LogP contribution is 2.23. The molecule has 2 unspecified atom stereocenters. The maximum absolute atomic E-state index is 6.26. The summed E-state index contributed by atoms with van der Waals surface area (Å²) in [6, 6.07) is 0.432. The van der Waals surface area contributed by atoms with Gasteiger partial charge in [0.15, 0.2) is 0 Å². The number of ether oxygens (including phenoxy) is 1. The molecule has 96 valence electrons. The van der Waals surface area contributed by atoms with Gasteiger partial charge in [0.05, 0.1) is 18.4 Å². The summed E-state index contributed by atoms with van der Waals surface area (Å²) < 4.78 is 7.37. The van der Waals surface area contributed by atoms with Gasteiger partial charge in [-0.2, -0.15) is 5.10 Å². The van der Waals surface area contributed by atoms with Crippen LogP contribution in [0.5, 0.6) is 0 Å². The predicted octanol–water partition coefficient (Wildman–Crippen LogP) is 1.99. The van der Waals surface area contributed by atoms with Crippen LogP contribution in [0.3, 0.4) is 0 Å². The molecule has 2 atom stereocenters. The zero-order valence-corrected chi connectivity index (χ0v) is 11.7. The molecule has 4 nitrogen and oxygen atoms in total. The molecule has 0 spiro atoms. The lowest BCUT2D eigenvalue weighted by Crippen LogP contribution is -2.46.